The van der Waals surface area contributed by atoms with E-state index in [2.05, 4.69) is 22.8 Å². The van der Waals surface area contributed by atoms with Gasteiger partial charge in [0.2, 0.25) is 5.91 Å². The number of ether oxygens (including phenoxy) is 1. The van der Waals surface area contributed by atoms with E-state index in [9.17, 15) is 19.5 Å². The number of aliphatic carboxylic acids is 1. The average molecular weight is 438 g/mol. The highest BCUT2D eigenvalue weighted by Crippen LogP contribution is 2.44. The van der Waals surface area contributed by atoms with Crippen molar-refractivity contribution in [2.45, 2.75) is 37.3 Å². The van der Waals surface area contributed by atoms with Crippen LogP contribution in [0.3, 0.4) is 0 Å². The van der Waals surface area contributed by atoms with Gasteiger partial charge in [0.05, 0.1) is 0 Å². The highest BCUT2D eigenvalue weighted by molar-refractivity contribution is 5.86. The molecule has 0 aliphatic heterocycles. The van der Waals surface area contributed by atoms with Gasteiger partial charge in [0.1, 0.15) is 12.6 Å². The number of carbonyl (C=O) groups is 3. The molecule has 4 rings (SSSR count). The number of aliphatic hydroxyl groups is 1. The van der Waals surface area contributed by atoms with Crippen LogP contribution in [-0.2, 0) is 14.3 Å². The van der Waals surface area contributed by atoms with Crippen LogP contribution in [0.5, 0.6) is 0 Å². The first-order valence-corrected chi connectivity index (χ1v) is 10.8. The molecule has 1 saturated carbocycles. The summed E-state index contributed by atoms with van der Waals surface area (Å²) in [5, 5.41) is 23.3. The number of carboxylic acids is 1. The van der Waals surface area contributed by atoms with Crippen LogP contribution in [0.4, 0.5) is 4.79 Å². The summed E-state index contributed by atoms with van der Waals surface area (Å²) >= 11 is 0. The van der Waals surface area contributed by atoms with Crippen LogP contribution in [0.2, 0.25) is 0 Å². The summed E-state index contributed by atoms with van der Waals surface area (Å²) in [5.41, 5.74) is 4.48. The Balaban J connectivity index is 1.34. The van der Waals surface area contributed by atoms with E-state index in [4.69, 9.17) is 9.84 Å². The number of alkyl carbamates (subject to hydrolysis) is 1. The molecule has 1 fully saturated rings. The molecule has 0 radical (unpaired) electrons. The van der Waals surface area contributed by atoms with Gasteiger partial charge < -0.3 is 25.6 Å². The zero-order valence-electron chi connectivity index (χ0n) is 17.5. The third-order valence-electron chi connectivity index (χ3n) is 5.99. The lowest BCUT2D eigenvalue weighted by atomic mass is 9.98. The highest BCUT2D eigenvalue weighted by Gasteiger charge is 2.38. The standard InChI is InChI=1S/C24H26N2O6/c27-20(23(29)30)11-12-25-22(28)21(14-9-10-14)26-24(31)32-13-19-17-7-3-1-5-15(17)16-6-2-4-8-18(16)19/h1-8,14,19-21,27H,9-13H2,(H,25,28)(H,26,31)(H,29,30). The second-order valence-electron chi connectivity index (χ2n) is 8.22. The molecule has 0 aromatic heterocycles. The molecule has 2 aliphatic carbocycles. The van der Waals surface area contributed by atoms with Gasteiger partial charge in [0.15, 0.2) is 6.10 Å². The molecule has 2 aromatic carbocycles. The van der Waals surface area contributed by atoms with Crippen molar-refractivity contribution >= 4 is 18.0 Å². The maximum absolute atomic E-state index is 12.5. The van der Waals surface area contributed by atoms with E-state index < -0.39 is 30.1 Å². The molecule has 2 aromatic rings. The molecule has 2 atom stereocenters. The number of benzene rings is 2. The molecule has 2 unspecified atom stereocenters. The highest BCUT2D eigenvalue weighted by atomic mass is 16.5. The Labute approximate surface area is 185 Å². The minimum atomic E-state index is -1.54. The molecular formula is C24H26N2O6. The fraction of sp³-hybridized carbons (Fsp3) is 0.375. The molecule has 168 valence electrons. The summed E-state index contributed by atoms with van der Waals surface area (Å²) in [6.07, 6.45) is -0.670. The van der Waals surface area contributed by atoms with Crippen LogP contribution >= 0.6 is 0 Å². The number of nitrogens with one attached hydrogen (secondary N) is 2. The minimum Gasteiger partial charge on any atom is -0.479 e. The van der Waals surface area contributed by atoms with Gasteiger partial charge in [0.25, 0.3) is 0 Å². The van der Waals surface area contributed by atoms with Gasteiger partial charge in [-0.25, -0.2) is 9.59 Å². The smallest absolute Gasteiger partial charge is 0.407 e. The zero-order chi connectivity index (χ0) is 22.7. The largest absolute Gasteiger partial charge is 0.479 e. The normalized spacial score (nSPS) is 16.4. The fourth-order valence-electron chi connectivity index (χ4n) is 4.16. The molecule has 0 saturated heterocycles. The monoisotopic (exact) mass is 438 g/mol. The Kier molecular flexibility index (Phi) is 6.41. The van der Waals surface area contributed by atoms with Crippen LogP contribution in [0.15, 0.2) is 48.5 Å². The minimum absolute atomic E-state index is 0.00187. The quantitative estimate of drug-likeness (QED) is 0.476. The van der Waals surface area contributed by atoms with Crippen molar-refractivity contribution in [3.05, 3.63) is 59.7 Å². The van der Waals surface area contributed by atoms with Crippen molar-refractivity contribution in [2.24, 2.45) is 5.92 Å². The van der Waals surface area contributed by atoms with E-state index in [1.807, 2.05) is 36.4 Å². The summed E-state index contributed by atoms with van der Waals surface area (Å²) in [6, 6.07) is 15.3. The molecule has 8 nitrogen and oxygen atoms in total. The van der Waals surface area contributed by atoms with Crippen LogP contribution < -0.4 is 10.6 Å². The summed E-state index contributed by atoms with van der Waals surface area (Å²) < 4.78 is 5.52. The van der Waals surface area contributed by atoms with Crippen molar-refractivity contribution in [3.8, 4) is 11.1 Å². The van der Waals surface area contributed by atoms with Gasteiger partial charge in [-0.1, -0.05) is 48.5 Å². The number of hydrogen-bond donors (Lipinski definition) is 4. The molecule has 2 amide bonds. The predicted molar refractivity (Wildman–Crippen MR) is 116 cm³/mol. The van der Waals surface area contributed by atoms with Gasteiger partial charge >= 0.3 is 12.1 Å². The third-order valence-corrected chi connectivity index (χ3v) is 5.99. The lowest BCUT2D eigenvalue weighted by Crippen LogP contribution is -2.49. The van der Waals surface area contributed by atoms with E-state index in [0.29, 0.717) is 0 Å². The number of carbonyl (C=O) groups excluding carboxylic acids is 2. The number of amides is 2. The first-order chi connectivity index (χ1) is 15.5. The molecule has 0 spiro atoms. The first-order valence-electron chi connectivity index (χ1n) is 10.8. The van der Waals surface area contributed by atoms with Gasteiger partial charge in [0, 0.05) is 18.9 Å². The molecule has 8 heteroatoms. The Morgan fingerprint density at radius 3 is 2.16 bits per heavy atom. The van der Waals surface area contributed by atoms with E-state index in [-0.39, 0.29) is 31.4 Å². The Bertz CT molecular complexity index is 974. The summed E-state index contributed by atoms with van der Waals surface area (Å²) in [4.78, 5) is 35.7. The summed E-state index contributed by atoms with van der Waals surface area (Å²) in [6.45, 7) is 0.158. The average Bonchev–Trinajstić information content (AvgIpc) is 3.58. The second-order valence-corrected chi connectivity index (χ2v) is 8.22. The van der Waals surface area contributed by atoms with E-state index in [1.165, 1.54) is 0 Å². The van der Waals surface area contributed by atoms with E-state index in [1.54, 1.807) is 0 Å². The van der Waals surface area contributed by atoms with Gasteiger partial charge in [-0.2, -0.15) is 0 Å². The second kappa shape index (κ2) is 9.40. The summed E-state index contributed by atoms with van der Waals surface area (Å²) in [5.74, 6) is -1.79. The first kappa shape index (κ1) is 21.8. The number of rotatable bonds is 9. The molecule has 32 heavy (non-hydrogen) atoms. The molecule has 2 aliphatic rings. The maximum atomic E-state index is 12.5. The van der Waals surface area contributed by atoms with Gasteiger partial charge in [-0.3, -0.25) is 4.79 Å². The van der Waals surface area contributed by atoms with Crippen LogP contribution in [0.25, 0.3) is 11.1 Å². The Morgan fingerprint density at radius 2 is 1.59 bits per heavy atom. The van der Waals surface area contributed by atoms with Crippen molar-refractivity contribution in [1.29, 1.82) is 0 Å². The fourth-order valence-corrected chi connectivity index (χ4v) is 4.16. The van der Waals surface area contributed by atoms with Crippen molar-refractivity contribution in [2.75, 3.05) is 13.2 Å². The molecule has 0 bridgehead atoms. The lowest BCUT2D eigenvalue weighted by molar-refractivity contribution is -0.147. The molecule has 0 heterocycles. The topological polar surface area (TPSA) is 125 Å². The van der Waals surface area contributed by atoms with Gasteiger partial charge in [-0.05, 0) is 41.0 Å². The third kappa shape index (κ3) is 4.75. The number of hydrogen-bond acceptors (Lipinski definition) is 5. The molecular weight excluding hydrogens is 412 g/mol. The van der Waals surface area contributed by atoms with E-state index in [0.717, 1.165) is 35.1 Å². The number of aliphatic hydroxyl groups excluding tert-OH is 1. The van der Waals surface area contributed by atoms with Gasteiger partial charge in [-0.15, -0.1) is 0 Å². The van der Waals surface area contributed by atoms with Crippen molar-refractivity contribution in [1.82, 2.24) is 10.6 Å². The Hall–Kier alpha value is -3.39. The van der Waals surface area contributed by atoms with Crippen LogP contribution in [0.1, 0.15) is 36.3 Å². The van der Waals surface area contributed by atoms with Crippen molar-refractivity contribution < 1.29 is 29.3 Å². The number of carboxylic acid groups (broad SMARTS) is 1. The SMILES string of the molecule is O=C(NC(C(=O)NCCC(O)C(=O)O)C1CC1)OCC1c2ccccc2-c2ccccc21. The number of fused-ring (bicyclic) bond motifs is 3. The van der Waals surface area contributed by atoms with E-state index >= 15 is 0 Å². The maximum Gasteiger partial charge on any atom is 0.407 e. The predicted octanol–water partition coefficient (Wildman–Crippen LogP) is 2.26. The van der Waals surface area contributed by atoms with Crippen LogP contribution in [-0.4, -0.2) is 53.5 Å². The Morgan fingerprint density at radius 1 is 1.00 bits per heavy atom. The molecule has 4 N–H and O–H groups in total. The summed E-state index contributed by atoms with van der Waals surface area (Å²) in [7, 11) is 0. The van der Waals surface area contributed by atoms with Crippen molar-refractivity contribution in [3.63, 3.8) is 0 Å². The van der Waals surface area contributed by atoms with Crippen LogP contribution in [0, 0.1) is 5.92 Å². The zero-order valence-corrected chi connectivity index (χ0v) is 17.5. The lowest BCUT2D eigenvalue weighted by Gasteiger charge is -2.19.